The monoisotopic (exact) mass is 361 g/mol. The molecule has 0 heterocycles. The minimum atomic E-state index is -3.61. The molecule has 0 saturated carbocycles. The molecule has 22 heavy (non-hydrogen) atoms. The maximum atomic E-state index is 12.6. The van der Waals surface area contributed by atoms with Gasteiger partial charge in [0.1, 0.15) is 0 Å². The van der Waals surface area contributed by atoms with Crippen LogP contribution >= 0.6 is 23.2 Å². The normalized spacial score (nSPS) is 12.8. The van der Waals surface area contributed by atoms with Crippen LogP contribution in [-0.4, -0.2) is 14.3 Å². The van der Waals surface area contributed by atoms with Crippen molar-refractivity contribution < 1.29 is 8.42 Å². The van der Waals surface area contributed by atoms with Gasteiger partial charge in [0.15, 0.2) is 0 Å². The van der Waals surface area contributed by atoms with Crippen molar-refractivity contribution in [3.8, 4) is 0 Å². The van der Waals surface area contributed by atoms with E-state index in [9.17, 15) is 8.42 Å². The molecule has 0 aromatic heterocycles. The lowest BCUT2D eigenvalue weighted by atomic mass is 10.1. The molecule has 0 saturated heterocycles. The van der Waals surface area contributed by atoms with Gasteiger partial charge in [0, 0.05) is 17.3 Å². The van der Waals surface area contributed by atoms with Crippen LogP contribution in [-0.2, 0) is 16.4 Å². The first-order chi connectivity index (χ1) is 10.4. The Morgan fingerprint density at radius 2 is 2.00 bits per heavy atom. The molecule has 0 aliphatic carbocycles. The summed E-state index contributed by atoms with van der Waals surface area (Å²) in [4.78, 5) is 0.332. The Kier molecular flexibility index (Phi) is 8.01. The first-order valence-electron chi connectivity index (χ1n) is 7.15. The molecule has 0 spiro atoms. The van der Waals surface area contributed by atoms with Gasteiger partial charge in [-0.2, -0.15) is 0 Å². The minimum absolute atomic E-state index is 0.317. The molecule has 0 aliphatic rings. The smallest absolute Gasteiger partial charge is 0.258 e. The van der Waals surface area contributed by atoms with Gasteiger partial charge in [-0.25, -0.2) is 8.42 Å². The highest BCUT2D eigenvalue weighted by Crippen LogP contribution is 2.25. The van der Waals surface area contributed by atoms with Gasteiger partial charge >= 0.3 is 0 Å². The summed E-state index contributed by atoms with van der Waals surface area (Å²) >= 11 is 11.5. The van der Waals surface area contributed by atoms with E-state index in [1.807, 2.05) is 19.9 Å². The van der Waals surface area contributed by atoms with Crippen LogP contribution in [0.3, 0.4) is 0 Å². The maximum Gasteiger partial charge on any atom is 0.258 e. The lowest BCUT2D eigenvalue weighted by Crippen LogP contribution is -2.16. The zero-order chi connectivity index (χ0) is 16.6. The number of allylic oxidation sites excluding steroid dienone is 4. The van der Waals surface area contributed by atoms with E-state index in [-0.39, 0.29) is 0 Å². The highest BCUT2D eigenvalue weighted by molar-refractivity contribution is 7.96. The fraction of sp³-hybridized carbons (Fsp3) is 0.375. The van der Waals surface area contributed by atoms with Gasteiger partial charge in [0.2, 0.25) is 0 Å². The second kappa shape index (κ2) is 9.23. The fourth-order valence-corrected chi connectivity index (χ4v) is 3.57. The number of benzene rings is 1. The number of rotatable bonds is 8. The second-order valence-corrected chi connectivity index (χ2v) is 7.15. The molecule has 3 nitrogen and oxygen atoms in total. The predicted molar refractivity (Wildman–Crippen MR) is 96.2 cm³/mol. The molecule has 1 aromatic carbocycles. The molecule has 0 fully saturated rings. The first kappa shape index (κ1) is 19.1. The Morgan fingerprint density at radius 3 is 2.59 bits per heavy atom. The summed E-state index contributed by atoms with van der Waals surface area (Å²) in [5.74, 6) is 0.362. The molecule has 0 atom stereocenters. The van der Waals surface area contributed by atoms with Crippen molar-refractivity contribution in [1.82, 2.24) is 0 Å². The number of hydrogen-bond donors (Lipinski definition) is 1. The van der Waals surface area contributed by atoms with Crippen LogP contribution in [0.2, 0.25) is 5.02 Å². The molecule has 1 rings (SSSR count). The number of hydrogen-bond acceptors (Lipinski definition) is 2. The lowest BCUT2D eigenvalue weighted by molar-refractivity contribution is 0.606. The minimum Gasteiger partial charge on any atom is -0.280 e. The van der Waals surface area contributed by atoms with E-state index in [1.165, 1.54) is 0 Å². The van der Waals surface area contributed by atoms with Crippen LogP contribution in [0.4, 0.5) is 5.69 Å². The summed E-state index contributed by atoms with van der Waals surface area (Å²) in [6.07, 6.45) is 6.87. The van der Waals surface area contributed by atoms with Gasteiger partial charge in [-0.3, -0.25) is 4.72 Å². The van der Waals surface area contributed by atoms with E-state index in [0.717, 1.165) is 5.56 Å². The zero-order valence-electron chi connectivity index (χ0n) is 12.8. The molecular formula is C16H21Cl2NO2S. The summed E-state index contributed by atoms with van der Waals surface area (Å²) in [6.45, 7) is 3.87. The van der Waals surface area contributed by atoms with Crippen LogP contribution in [0.15, 0.2) is 41.3 Å². The number of halogens is 2. The van der Waals surface area contributed by atoms with E-state index in [2.05, 4.69) is 4.72 Å². The van der Waals surface area contributed by atoms with Crippen molar-refractivity contribution in [1.29, 1.82) is 0 Å². The molecule has 1 N–H and O–H groups in total. The number of anilines is 1. The molecule has 0 unspecified atom stereocenters. The van der Waals surface area contributed by atoms with Gasteiger partial charge in [-0.15, -0.1) is 11.6 Å². The van der Waals surface area contributed by atoms with Gasteiger partial charge < -0.3 is 0 Å². The van der Waals surface area contributed by atoms with E-state index < -0.39 is 10.0 Å². The maximum absolute atomic E-state index is 12.6. The Morgan fingerprint density at radius 1 is 1.27 bits per heavy atom. The Labute approximate surface area is 143 Å². The van der Waals surface area contributed by atoms with Gasteiger partial charge in [-0.1, -0.05) is 49.7 Å². The third-order valence-electron chi connectivity index (χ3n) is 3.05. The molecular weight excluding hydrogens is 341 g/mol. The van der Waals surface area contributed by atoms with Crippen LogP contribution in [0, 0.1) is 0 Å². The zero-order valence-corrected chi connectivity index (χ0v) is 15.1. The average molecular weight is 362 g/mol. The SMILES string of the molecule is CC/C=C(\C/C=C\CCl)S(=O)(=O)Nc1cc(Cl)ccc1CC. The topological polar surface area (TPSA) is 46.2 Å². The second-order valence-electron chi connectivity index (χ2n) is 4.67. The third kappa shape index (κ3) is 5.67. The van der Waals surface area contributed by atoms with E-state index in [1.54, 1.807) is 30.4 Å². The standard InChI is InChI=1S/C16H21Cl2NO2S/c1-3-7-15(8-5-6-11-17)22(20,21)19-16-12-14(18)10-9-13(16)4-2/h5-7,9-10,12,19H,3-4,8,11H2,1-2H3/b6-5-,15-7+. The fourth-order valence-electron chi connectivity index (χ4n) is 1.96. The van der Waals surface area contributed by atoms with Crippen molar-refractivity contribution >= 4 is 38.9 Å². The van der Waals surface area contributed by atoms with Crippen molar-refractivity contribution in [2.45, 2.75) is 33.1 Å². The van der Waals surface area contributed by atoms with Crippen LogP contribution in [0.1, 0.15) is 32.3 Å². The molecule has 0 amide bonds. The van der Waals surface area contributed by atoms with Crippen LogP contribution in [0.25, 0.3) is 0 Å². The van der Waals surface area contributed by atoms with Gasteiger partial charge in [0.05, 0.1) is 10.6 Å². The number of sulfonamides is 1. The molecule has 0 aliphatic heterocycles. The highest BCUT2D eigenvalue weighted by atomic mass is 35.5. The summed E-state index contributed by atoms with van der Waals surface area (Å²) in [5.41, 5.74) is 1.43. The lowest BCUT2D eigenvalue weighted by Gasteiger charge is -2.14. The highest BCUT2D eigenvalue weighted by Gasteiger charge is 2.17. The molecule has 122 valence electrons. The first-order valence-corrected chi connectivity index (χ1v) is 9.55. The van der Waals surface area contributed by atoms with Gasteiger partial charge in [0.25, 0.3) is 10.0 Å². The van der Waals surface area contributed by atoms with E-state index in [4.69, 9.17) is 23.2 Å². The average Bonchev–Trinajstić information content (AvgIpc) is 2.46. The summed E-state index contributed by atoms with van der Waals surface area (Å²) in [7, 11) is -3.61. The summed E-state index contributed by atoms with van der Waals surface area (Å²) in [6, 6.07) is 5.22. The number of aryl methyl sites for hydroxylation is 1. The molecule has 1 aromatic rings. The van der Waals surface area contributed by atoms with E-state index >= 15 is 0 Å². The largest absolute Gasteiger partial charge is 0.280 e. The summed E-state index contributed by atoms with van der Waals surface area (Å²) < 4.78 is 27.8. The summed E-state index contributed by atoms with van der Waals surface area (Å²) in [5, 5.41) is 0.498. The Balaban J connectivity index is 3.09. The Hall–Kier alpha value is -0.970. The molecule has 0 bridgehead atoms. The van der Waals surface area contributed by atoms with Crippen molar-refractivity contribution in [3.05, 3.63) is 51.9 Å². The Bertz CT molecular complexity index is 652. The number of nitrogens with one attached hydrogen (secondary N) is 1. The van der Waals surface area contributed by atoms with Crippen LogP contribution in [0.5, 0.6) is 0 Å². The predicted octanol–water partition coefficient (Wildman–Crippen LogP) is 5.12. The van der Waals surface area contributed by atoms with Crippen molar-refractivity contribution in [3.63, 3.8) is 0 Å². The van der Waals surface area contributed by atoms with Crippen LogP contribution < -0.4 is 4.72 Å². The number of alkyl halides is 1. The van der Waals surface area contributed by atoms with Crippen molar-refractivity contribution in [2.24, 2.45) is 0 Å². The molecule has 6 heteroatoms. The molecule has 0 radical (unpaired) electrons. The quantitative estimate of drug-likeness (QED) is 0.515. The third-order valence-corrected chi connectivity index (χ3v) is 4.97. The van der Waals surface area contributed by atoms with Gasteiger partial charge in [-0.05, 0) is 30.5 Å². The van der Waals surface area contributed by atoms with Crippen molar-refractivity contribution in [2.75, 3.05) is 10.6 Å². The van der Waals surface area contributed by atoms with E-state index in [0.29, 0.717) is 40.8 Å².